The van der Waals surface area contributed by atoms with Gasteiger partial charge >= 0.3 is 0 Å². The van der Waals surface area contributed by atoms with Gasteiger partial charge in [0, 0.05) is 17.7 Å². The Morgan fingerprint density at radius 3 is 2.62 bits per heavy atom. The summed E-state index contributed by atoms with van der Waals surface area (Å²) in [6.07, 6.45) is 0. The average molecular weight is 282 g/mol. The van der Waals surface area contributed by atoms with E-state index in [0.29, 0.717) is 22.5 Å². The third-order valence-corrected chi connectivity index (χ3v) is 3.12. The first-order valence-electron chi connectivity index (χ1n) is 6.65. The zero-order valence-electron chi connectivity index (χ0n) is 11.3. The molecule has 0 bridgehead atoms. The molecule has 0 saturated carbocycles. The Morgan fingerprint density at radius 1 is 1.05 bits per heavy atom. The smallest absolute Gasteiger partial charge is 0.193 e. The summed E-state index contributed by atoms with van der Waals surface area (Å²) in [5, 5.41) is 9.28. The van der Waals surface area contributed by atoms with Gasteiger partial charge in [-0.05, 0) is 12.1 Å². The van der Waals surface area contributed by atoms with E-state index in [1.54, 1.807) is 18.2 Å². The molecule has 3 aromatic rings. The van der Waals surface area contributed by atoms with Crippen LogP contribution in [-0.4, -0.2) is 18.3 Å². The van der Waals surface area contributed by atoms with Gasteiger partial charge in [0.1, 0.15) is 23.7 Å². The maximum Gasteiger partial charge on any atom is 0.193 e. The molecular formula is C17H14O4. The van der Waals surface area contributed by atoms with Gasteiger partial charge in [-0.2, -0.15) is 0 Å². The second kappa shape index (κ2) is 5.81. The van der Waals surface area contributed by atoms with Crippen molar-refractivity contribution in [3.63, 3.8) is 0 Å². The molecule has 0 aliphatic carbocycles. The maximum absolute atomic E-state index is 12.2. The van der Waals surface area contributed by atoms with Gasteiger partial charge in [-0.25, -0.2) is 0 Å². The molecule has 0 spiro atoms. The lowest BCUT2D eigenvalue weighted by Gasteiger charge is -2.06. The summed E-state index contributed by atoms with van der Waals surface area (Å²) in [7, 11) is 0. The van der Waals surface area contributed by atoms with Crippen LogP contribution in [0, 0.1) is 0 Å². The fourth-order valence-corrected chi connectivity index (χ4v) is 2.13. The summed E-state index contributed by atoms with van der Waals surface area (Å²) >= 11 is 0. The van der Waals surface area contributed by atoms with Gasteiger partial charge in [-0.1, -0.05) is 30.3 Å². The second-order valence-corrected chi connectivity index (χ2v) is 4.57. The topological polar surface area (TPSA) is 59.7 Å². The summed E-state index contributed by atoms with van der Waals surface area (Å²) in [6, 6.07) is 16.0. The van der Waals surface area contributed by atoms with Gasteiger partial charge in [-0.15, -0.1) is 0 Å². The fraction of sp³-hybridized carbons (Fsp3) is 0.118. The molecule has 0 atom stereocenters. The van der Waals surface area contributed by atoms with E-state index in [-0.39, 0.29) is 18.6 Å². The molecule has 4 nitrogen and oxygen atoms in total. The summed E-state index contributed by atoms with van der Waals surface area (Å²) in [6.45, 7) is 0.139. The van der Waals surface area contributed by atoms with Gasteiger partial charge in [0.05, 0.1) is 12.0 Å². The molecule has 0 fully saturated rings. The molecule has 3 rings (SSSR count). The lowest BCUT2D eigenvalue weighted by Crippen LogP contribution is -2.03. The van der Waals surface area contributed by atoms with Crippen LogP contribution in [-0.2, 0) is 0 Å². The van der Waals surface area contributed by atoms with E-state index in [2.05, 4.69) is 0 Å². The first-order valence-corrected chi connectivity index (χ1v) is 6.65. The van der Waals surface area contributed by atoms with E-state index in [0.717, 1.165) is 5.56 Å². The van der Waals surface area contributed by atoms with Crippen molar-refractivity contribution in [1.29, 1.82) is 0 Å². The predicted octanol–water partition coefficient (Wildman–Crippen LogP) is 2.83. The number of ether oxygens (including phenoxy) is 1. The summed E-state index contributed by atoms with van der Waals surface area (Å²) in [4.78, 5) is 12.2. The molecular weight excluding hydrogens is 268 g/mol. The molecule has 2 aromatic carbocycles. The third kappa shape index (κ3) is 2.80. The summed E-state index contributed by atoms with van der Waals surface area (Å²) in [5.41, 5.74) is 1.22. The quantitative estimate of drug-likeness (QED) is 0.799. The number of hydrogen-bond acceptors (Lipinski definition) is 4. The van der Waals surface area contributed by atoms with E-state index in [1.165, 1.54) is 6.07 Å². The molecule has 0 unspecified atom stereocenters. The van der Waals surface area contributed by atoms with Gasteiger partial charge in [0.15, 0.2) is 5.43 Å². The molecule has 4 heteroatoms. The van der Waals surface area contributed by atoms with Crippen LogP contribution in [0.5, 0.6) is 5.75 Å². The minimum Gasteiger partial charge on any atom is -0.491 e. The van der Waals surface area contributed by atoms with Crippen molar-refractivity contribution in [2.75, 3.05) is 13.2 Å². The molecule has 0 radical (unpaired) electrons. The first kappa shape index (κ1) is 13.4. The van der Waals surface area contributed by atoms with Crippen molar-refractivity contribution >= 4 is 11.0 Å². The summed E-state index contributed by atoms with van der Waals surface area (Å²) < 4.78 is 11.1. The lowest BCUT2D eigenvalue weighted by atomic mass is 10.1. The number of hydrogen-bond donors (Lipinski definition) is 1. The Labute approximate surface area is 121 Å². The maximum atomic E-state index is 12.2. The Balaban J connectivity index is 2.10. The van der Waals surface area contributed by atoms with Crippen LogP contribution < -0.4 is 10.2 Å². The monoisotopic (exact) mass is 282 g/mol. The van der Waals surface area contributed by atoms with Crippen LogP contribution in [0.15, 0.2) is 63.8 Å². The van der Waals surface area contributed by atoms with Crippen LogP contribution in [0.4, 0.5) is 0 Å². The predicted molar refractivity (Wildman–Crippen MR) is 80.5 cm³/mol. The van der Waals surface area contributed by atoms with E-state index < -0.39 is 0 Å². The van der Waals surface area contributed by atoms with E-state index in [4.69, 9.17) is 14.3 Å². The molecule has 0 aliphatic heterocycles. The van der Waals surface area contributed by atoms with Crippen LogP contribution in [0.2, 0.25) is 0 Å². The van der Waals surface area contributed by atoms with Crippen LogP contribution in [0.25, 0.3) is 22.3 Å². The van der Waals surface area contributed by atoms with Gasteiger partial charge < -0.3 is 14.3 Å². The van der Waals surface area contributed by atoms with Gasteiger partial charge in [0.2, 0.25) is 0 Å². The van der Waals surface area contributed by atoms with Crippen LogP contribution in [0.1, 0.15) is 0 Å². The number of aliphatic hydroxyl groups is 1. The van der Waals surface area contributed by atoms with Crippen molar-refractivity contribution in [2.24, 2.45) is 0 Å². The normalized spacial score (nSPS) is 10.7. The van der Waals surface area contributed by atoms with E-state index in [9.17, 15) is 4.79 Å². The van der Waals surface area contributed by atoms with Crippen molar-refractivity contribution < 1.29 is 14.3 Å². The SMILES string of the molecule is O=c1cc(-c2ccccc2)oc2cc(OCCO)ccc12. The lowest BCUT2D eigenvalue weighted by molar-refractivity contribution is 0.201. The van der Waals surface area contributed by atoms with Crippen molar-refractivity contribution in [3.8, 4) is 17.1 Å². The average Bonchev–Trinajstić information content (AvgIpc) is 2.53. The largest absolute Gasteiger partial charge is 0.491 e. The number of rotatable bonds is 4. The Hall–Kier alpha value is -2.59. The van der Waals surface area contributed by atoms with Crippen molar-refractivity contribution in [2.45, 2.75) is 0 Å². The number of fused-ring (bicyclic) bond motifs is 1. The molecule has 0 amide bonds. The highest BCUT2D eigenvalue weighted by Gasteiger charge is 2.07. The minimum atomic E-state index is -0.0937. The minimum absolute atomic E-state index is 0.0635. The number of benzene rings is 2. The third-order valence-electron chi connectivity index (χ3n) is 3.12. The molecule has 1 aromatic heterocycles. The molecule has 0 saturated heterocycles. The molecule has 21 heavy (non-hydrogen) atoms. The van der Waals surface area contributed by atoms with Gasteiger partial charge in [-0.3, -0.25) is 4.79 Å². The zero-order valence-corrected chi connectivity index (χ0v) is 11.3. The van der Waals surface area contributed by atoms with E-state index >= 15 is 0 Å². The Bertz CT molecular complexity index is 806. The Morgan fingerprint density at radius 2 is 1.86 bits per heavy atom. The van der Waals surface area contributed by atoms with Crippen LogP contribution in [0.3, 0.4) is 0 Å². The highest BCUT2D eigenvalue weighted by Crippen LogP contribution is 2.24. The van der Waals surface area contributed by atoms with E-state index in [1.807, 2.05) is 30.3 Å². The summed E-state index contributed by atoms with van der Waals surface area (Å²) in [5.74, 6) is 1.08. The highest BCUT2D eigenvalue weighted by molar-refractivity contribution is 5.80. The van der Waals surface area contributed by atoms with Crippen molar-refractivity contribution in [1.82, 2.24) is 0 Å². The van der Waals surface area contributed by atoms with Gasteiger partial charge in [0.25, 0.3) is 0 Å². The second-order valence-electron chi connectivity index (χ2n) is 4.57. The zero-order chi connectivity index (χ0) is 14.7. The molecule has 1 N–H and O–H groups in total. The highest BCUT2D eigenvalue weighted by atomic mass is 16.5. The standard InChI is InChI=1S/C17H14O4/c18-8-9-20-13-6-7-14-15(19)11-16(21-17(14)10-13)12-4-2-1-3-5-12/h1-7,10-11,18H,8-9H2. The first-order chi connectivity index (χ1) is 10.3. The number of aliphatic hydroxyl groups excluding tert-OH is 1. The Kier molecular flexibility index (Phi) is 3.71. The van der Waals surface area contributed by atoms with Crippen LogP contribution >= 0.6 is 0 Å². The fourth-order valence-electron chi connectivity index (χ4n) is 2.13. The molecule has 1 heterocycles. The molecule has 0 aliphatic rings. The van der Waals surface area contributed by atoms with Crippen molar-refractivity contribution in [3.05, 3.63) is 64.8 Å². The molecule has 106 valence electrons.